The molecule has 0 aliphatic heterocycles. The summed E-state index contributed by atoms with van der Waals surface area (Å²) in [5.74, 6) is 0. The van der Waals surface area contributed by atoms with Crippen molar-refractivity contribution >= 4 is 22.9 Å². The van der Waals surface area contributed by atoms with Crippen LogP contribution in [0.5, 0.6) is 0 Å². The summed E-state index contributed by atoms with van der Waals surface area (Å²) in [4.78, 5) is 4.55. The van der Waals surface area contributed by atoms with Crippen LogP contribution >= 0.6 is 11.6 Å². The predicted molar refractivity (Wildman–Crippen MR) is 78.6 cm³/mol. The van der Waals surface area contributed by atoms with Crippen molar-refractivity contribution in [3.05, 3.63) is 64.6 Å². The Morgan fingerprint density at radius 3 is 2.68 bits per heavy atom. The van der Waals surface area contributed by atoms with Crippen molar-refractivity contribution in [2.75, 3.05) is 5.73 Å². The van der Waals surface area contributed by atoms with Gasteiger partial charge in [0.2, 0.25) is 0 Å². The third-order valence-electron chi connectivity index (χ3n) is 3.10. The second-order valence-corrected chi connectivity index (χ2v) is 5.18. The van der Waals surface area contributed by atoms with Gasteiger partial charge in [0.05, 0.1) is 16.4 Å². The van der Waals surface area contributed by atoms with E-state index in [0.717, 1.165) is 17.8 Å². The predicted octanol–water partition coefficient (Wildman–Crippen LogP) is 3.47. The van der Waals surface area contributed by atoms with Gasteiger partial charge in [-0.1, -0.05) is 41.4 Å². The lowest BCUT2D eigenvalue weighted by atomic mass is 10.1. The molecule has 2 N–H and O–H groups in total. The number of hydrogen-bond donors (Lipinski definition) is 1. The third-order valence-corrected chi connectivity index (χ3v) is 3.31. The van der Waals surface area contributed by atoms with E-state index in [-0.39, 0.29) is 0 Å². The smallest absolute Gasteiger partial charge is 0.160 e. The number of imidazole rings is 1. The molecule has 2 aromatic heterocycles. The Morgan fingerprint density at radius 2 is 1.95 bits per heavy atom. The Bertz CT molecular complexity index is 729. The molecule has 0 unspecified atom stereocenters. The van der Waals surface area contributed by atoms with Gasteiger partial charge in [-0.2, -0.15) is 0 Å². The molecule has 3 nitrogen and oxygen atoms in total. The van der Waals surface area contributed by atoms with E-state index >= 15 is 0 Å². The molecule has 1 aromatic carbocycles. The van der Waals surface area contributed by atoms with E-state index in [9.17, 15) is 0 Å². The number of rotatable bonds is 2. The molecular formula is C15H14ClN3. The standard InChI is InChI=1S/C15H14ClN3/c1-10-2-4-11(5-3-10)6-13-9-19-8-12(16)7-14(17)15(19)18-13/h2-5,7-9H,6,17H2,1H3. The van der Waals surface area contributed by atoms with E-state index in [1.807, 2.05) is 16.8 Å². The largest absolute Gasteiger partial charge is 0.396 e. The summed E-state index contributed by atoms with van der Waals surface area (Å²) in [5, 5.41) is 0.615. The van der Waals surface area contributed by atoms with Gasteiger partial charge < -0.3 is 10.1 Å². The lowest BCUT2D eigenvalue weighted by Crippen LogP contribution is -1.91. The van der Waals surface area contributed by atoms with Gasteiger partial charge in [-0.15, -0.1) is 0 Å². The topological polar surface area (TPSA) is 43.3 Å². The van der Waals surface area contributed by atoms with E-state index in [1.54, 1.807) is 6.07 Å². The molecule has 0 amide bonds. The fourth-order valence-electron chi connectivity index (χ4n) is 2.14. The number of hydrogen-bond acceptors (Lipinski definition) is 2. The molecule has 96 valence electrons. The Kier molecular flexibility index (Phi) is 2.91. The van der Waals surface area contributed by atoms with Crippen molar-refractivity contribution in [2.45, 2.75) is 13.3 Å². The van der Waals surface area contributed by atoms with E-state index in [4.69, 9.17) is 17.3 Å². The summed E-state index contributed by atoms with van der Waals surface area (Å²) < 4.78 is 1.88. The minimum absolute atomic E-state index is 0.600. The zero-order chi connectivity index (χ0) is 13.4. The highest BCUT2D eigenvalue weighted by Crippen LogP contribution is 2.20. The van der Waals surface area contributed by atoms with Crippen LogP contribution in [0.4, 0.5) is 5.69 Å². The second kappa shape index (κ2) is 4.59. The number of fused-ring (bicyclic) bond motifs is 1. The van der Waals surface area contributed by atoms with Crippen molar-refractivity contribution in [3.8, 4) is 0 Å². The average Bonchev–Trinajstić information content (AvgIpc) is 2.75. The molecule has 0 bridgehead atoms. The van der Waals surface area contributed by atoms with Crippen molar-refractivity contribution in [1.82, 2.24) is 9.38 Å². The first-order valence-corrected chi connectivity index (χ1v) is 6.48. The molecule has 3 rings (SSSR count). The molecule has 0 aliphatic rings. The molecule has 0 saturated heterocycles. The van der Waals surface area contributed by atoms with E-state index in [1.165, 1.54) is 11.1 Å². The fraction of sp³-hybridized carbons (Fsp3) is 0.133. The average molecular weight is 272 g/mol. The first kappa shape index (κ1) is 12.1. The Hall–Kier alpha value is -2.00. The van der Waals surface area contributed by atoms with E-state index in [2.05, 4.69) is 36.2 Å². The zero-order valence-electron chi connectivity index (χ0n) is 10.6. The van der Waals surface area contributed by atoms with Crippen LogP contribution in [0.3, 0.4) is 0 Å². The number of nitrogens with two attached hydrogens (primary N) is 1. The van der Waals surface area contributed by atoms with Gasteiger partial charge in [0.1, 0.15) is 0 Å². The highest BCUT2D eigenvalue weighted by Gasteiger charge is 2.06. The number of aryl methyl sites for hydroxylation is 1. The van der Waals surface area contributed by atoms with Crippen molar-refractivity contribution in [2.24, 2.45) is 0 Å². The number of anilines is 1. The van der Waals surface area contributed by atoms with Crippen LogP contribution in [0.2, 0.25) is 5.02 Å². The zero-order valence-corrected chi connectivity index (χ0v) is 11.4. The van der Waals surface area contributed by atoms with Crippen LogP contribution in [0, 0.1) is 6.92 Å². The van der Waals surface area contributed by atoms with Gasteiger partial charge in [-0.25, -0.2) is 4.98 Å². The lowest BCUT2D eigenvalue weighted by Gasteiger charge is -1.98. The van der Waals surface area contributed by atoms with Gasteiger partial charge >= 0.3 is 0 Å². The highest BCUT2D eigenvalue weighted by molar-refractivity contribution is 6.30. The van der Waals surface area contributed by atoms with Crippen molar-refractivity contribution in [1.29, 1.82) is 0 Å². The Labute approximate surface area is 116 Å². The van der Waals surface area contributed by atoms with Gasteiger partial charge in [-0.3, -0.25) is 0 Å². The number of halogens is 1. The molecule has 0 fully saturated rings. The molecule has 4 heteroatoms. The first-order chi connectivity index (χ1) is 9.11. The molecular weight excluding hydrogens is 258 g/mol. The van der Waals surface area contributed by atoms with Crippen LogP contribution in [-0.2, 0) is 6.42 Å². The fourth-order valence-corrected chi connectivity index (χ4v) is 2.36. The molecule has 2 heterocycles. The maximum atomic E-state index is 5.98. The van der Waals surface area contributed by atoms with Crippen LogP contribution in [0.25, 0.3) is 5.65 Å². The molecule has 0 saturated carbocycles. The van der Waals surface area contributed by atoms with Crippen LogP contribution < -0.4 is 5.73 Å². The maximum Gasteiger partial charge on any atom is 0.160 e. The number of pyridine rings is 1. The molecule has 0 spiro atoms. The van der Waals surface area contributed by atoms with Crippen LogP contribution in [-0.4, -0.2) is 9.38 Å². The van der Waals surface area contributed by atoms with E-state index < -0.39 is 0 Å². The summed E-state index contributed by atoms with van der Waals surface area (Å²) in [5.41, 5.74) is 10.7. The first-order valence-electron chi connectivity index (χ1n) is 6.10. The number of nitrogens with zero attached hydrogens (tertiary/aromatic N) is 2. The van der Waals surface area contributed by atoms with Crippen molar-refractivity contribution in [3.63, 3.8) is 0 Å². The lowest BCUT2D eigenvalue weighted by molar-refractivity contribution is 1.11. The van der Waals surface area contributed by atoms with Crippen LogP contribution in [0.1, 0.15) is 16.8 Å². The monoisotopic (exact) mass is 271 g/mol. The molecule has 0 atom stereocenters. The minimum atomic E-state index is 0.600. The number of nitrogen functional groups attached to an aromatic ring is 1. The summed E-state index contributed by atoms with van der Waals surface area (Å²) in [6, 6.07) is 10.2. The minimum Gasteiger partial charge on any atom is -0.396 e. The molecule has 3 aromatic rings. The third kappa shape index (κ3) is 2.42. The highest BCUT2D eigenvalue weighted by atomic mass is 35.5. The SMILES string of the molecule is Cc1ccc(Cc2cn3cc(Cl)cc(N)c3n2)cc1. The Morgan fingerprint density at radius 1 is 1.21 bits per heavy atom. The number of benzene rings is 1. The number of aromatic nitrogens is 2. The molecule has 0 radical (unpaired) electrons. The molecule has 0 aliphatic carbocycles. The van der Waals surface area contributed by atoms with Crippen LogP contribution in [0.15, 0.2) is 42.7 Å². The summed E-state index contributed by atoms with van der Waals surface area (Å²) >= 11 is 5.98. The van der Waals surface area contributed by atoms with Crippen molar-refractivity contribution < 1.29 is 0 Å². The van der Waals surface area contributed by atoms with Gasteiger partial charge in [0.15, 0.2) is 5.65 Å². The van der Waals surface area contributed by atoms with Gasteiger partial charge in [0.25, 0.3) is 0 Å². The van der Waals surface area contributed by atoms with Gasteiger partial charge in [-0.05, 0) is 18.6 Å². The summed E-state index contributed by atoms with van der Waals surface area (Å²) in [6.45, 7) is 2.08. The molecule has 19 heavy (non-hydrogen) atoms. The Balaban J connectivity index is 1.97. The summed E-state index contributed by atoms with van der Waals surface area (Å²) in [6.07, 6.45) is 4.58. The second-order valence-electron chi connectivity index (χ2n) is 4.74. The van der Waals surface area contributed by atoms with Gasteiger partial charge in [0, 0.05) is 18.8 Å². The summed E-state index contributed by atoms with van der Waals surface area (Å²) in [7, 11) is 0. The quantitative estimate of drug-likeness (QED) is 0.776. The normalized spacial score (nSPS) is 11.1. The maximum absolute atomic E-state index is 5.98. The van der Waals surface area contributed by atoms with E-state index in [0.29, 0.717) is 10.7 Å².